The maximum Gasteiger partial charge on any atom is 0.139 e. The number of hydrogen-bond donors (Lipinski definition) is 3. The molecule has 37 heavy (non-hydrogen) atoms. The van der Waals surface area contributed by atoms with Gasteiger partial charge in [0.1, 0.15) is 17.7 Å². The van der Waals surface area contributed by atoms with E-state index < -0.39 is 0 Å². The van der Waals surface area contributed by atoms with Gasteiger partial charge in [0.05, 0.1) is 33.9 Å². The molecule has 1 aliphatic carbocycles. The van der Waals surface area contributed by atoms with E-state index in [-0.39, 0.29) is 18.0 Å². The number of nitriles is 1. The SMILES string of the molecule is Cc1c(C)n(-c2ccc(C#N)c(NC3CCC(O)CC3)c2)c2cccc(-c3nc4ccc(F)cc4[nH]3)c12. The molecule has 0 aliphatic heterocycles. The van der Waals surface area contributed by atoms with Crippen molar-refractivity contribution in [2.45, 2.75) is 51.7 Å². The molecule has 0 atom stereocenters. The predicted octanol–water partition coefficient (Wildman–Crippen LogP) is 6.52. The van der Waals surface area contributed by atoms with Crippen LogP contribution in [0.1, 0.15) is 42.5 Å². The number of imidazole rings is 1. The van der Waals surface area contributed by atoms with E-state index in [0.29, 0.717) is 16.9 Å². The molecule has 5 aromatic rings. The molecule has 3 aromatic carbocycles. The zero-order chi connectivity index (χ0) is 25.7. The fourth-order valence-electron chi connectivity index (χ4n) is 5.62. The molecular weight excluding hydrogens is 465 g/mol. The number of nitrogens with zero attached hydrogens (tertiary/aromatic N) is 3. The van der Waals surface area contributed by atoms with E-state index >= 15 is 0 Å². The molecule has 2 heterocycles. The van der Waals surface area contributed by atoms with Crippen molar-refractivity contribution in [3.05, 3.63) is 77.2 Å². The molecule has 0 spiro atoms. The van der Waals surface area contributed by atoms with Gasteiger partial charge in [0.25, 0.3) is 0 Å². The molecule has 0 saturated heterocycles. The van der Waals surface area contributed by atoms with Gasteiger partial charge in [-0.15, -0.1) is 0 Å². The second-order valence-electron chi connectivity index (χ2n) is 9.98. The highest BCUT2D eigenvalue weighted by atomic mass is 19.1. The van der Waals surface area contributed by atoms with Gasteiger partial charge < -0.3 is 20.0 Å². The van der Waals surface area contributed by atoms with Crippen molar-refractivity contribution in [1.29, 1.82) is 5.26 Å². The van der Waals surface area contributed by atoms with Crippen molar-refractivity contribution >= 4 is 27.6 Å². The van der Waals surface area contributed by atoms with Crippen LogP contribution >= 0.6 is 0 Å². The summed E-state index contributed by atoms with van der Waals surface area (Å²) in [6.07, 6.45) is 3.09. The Morgan fingerprint density at radius 1 is 1.08 bits per heavy atom. The quantitative estimate of drug-likeness (QED) is 0.266. The lowest BCUT2D eigenvalue weighted by atomic mass is 9.93. The first kappa shape index (κ1) is 23.3. The van der Waals surface area contributed by atoms with Gasteiger partial charge in [0.15, 0.2) is 0 Å². The zero-order valence-corrected chi connectivity index (χ0v) is 20.8. The maximum atomic E-state index is 13.8. The number of H-pyrrole nitrogens is 1. The van der Waals surface area contributed by atoms with Crippen LogP contribution < -0.4 is 5.32 Å². The Morgan fingerprint density at radius 3 is 2.68 bits per heavy atom. The van der Waals surface area contributed by atoms with Crippen LogP contribution in [0.2, 0.25) is 0 Å². The summed E-state index contributed by atoms with van der Waals surface area (Å²) < 4.78 is 16.0. The third-order valence-electron chi connectivity index (χ3n) is 7.67. The van der Waals surface area contributed by atoms with E-state index in [2.05, 4.69) is 40.9 Å². The lowest BCUT2D eigenvalue weighted by molar-refractivity contribution is 0.126. The lowest BCUT2D eigenvalue weighted by Crippen LogP contribution is -2.28. The summed E-state index contributed by atoms with van der Waals surface area (Å²) in [5.74, 6) is 0.404. The Labute approximate surface area is 214 Å². The van der Waals surface area contributed by atoms with Gasteiger partial charge in [0.2, 0.25) is 0 Å². The van der Waals surface area contributed by atoms with Gasteiger partial charge in [0, 0.05) is 28.4 Å². The van der Waals surface area contributed by atoms with E-state index in [4.69, 9.17) is 4.98 Å². The summed E-state index contributed by atoms with van der Waals surface area (Å²) in [7, 11) is 0. The molecule has 3 N–H and O–H groups in total. The monoisotopic (exact) mass is 493 g/mol. The molecule has 6 nitrogen and oxygen atoms in total. The standard InChI is InChI=1S/C30H28FN5O/c1-17-18(2)36(22-10-6-19(16-32)26(15-22)33-21-8-11-23(37)12-9-21)28-5-3-4-24(29(17)28)30-34-25-13-7-20(31)14-27(25)35-30/h3-7,10,13-15,21,23,33,37H,8-9,11-12H2,1-2H3,(H,34,35). The number of aryl methyl sites for hydroxylation is 1. The summed E-state index contributed by atoms with van der Waals surface area (Å²) in [5.41, 5.74) is 8.01. The average molecular weight is 494 g/mol. The molecular formula is C30H28FN5O. The lowest BCUT2D eigenvalue weighted by Gasteiger charge is -2.27. The van der Waals surface area contributed by atoms with Crippen LogP contribution in [0, 0.1) is 31.0 Å². The number of rotatable bonds is 4. The molecule has 0 bridgehead atoms. The number of aromatic amines is 1. The summed E-state index contributed by atoms with van der Waals surface area (Å²) in [6, 6.07) is 19.2. The minimum Gasteiger partial charge on any atom is -0.393 e. The number of aromatic nitrogens is 3. The molecule has 1 saturated carbocycles. The topological polar surface area (TPSA) is 89.7 Å². The first-order chi connectivity index (χ1) is 17.9. The van der Waals surface area contributed by atoms with Crippen LogP contribution in [0.5, 0.6) is 0 Å². The Balaban J connectivity index is 1.46. The normalized spacial score (nSPS) is 17.8. The third kappa shape index (κ3) is 4.04. The summed E-state index contributed by atoms with van der Waals surface area (Å²) in [4.78, 5) is 8.03. The van der Waals surface area contributed by atoms with Crippen LogP contribution in [0.3, 0.4) is 0 Å². The van der Waals surface area contributed by atoms with Crippen molar-refractivity contribution in [3.63, 3.8) is 0 Å². The number of anilines is 1. The van der Waals surface area contributed by atoms with Crippen LogP contribution in [-0.2, 0) is 0 Å². The van der Waals surface area contributed by atoms with Gasteiger partial charge in [-0.05, 0) is 87.6 Å². The third-order valence-corrected chi connectivity index (χ3v) is 7.67. The van der Waals surface area contributed by atoms with Gasteiger partial charge in [-0.2, -0.15) is 5.26 Å². The smallest absolute Gasteiger partial charge is 0.139 e. The second kappa shape index (κ2) is 9.06. The highest BCUT2D eigenvalue weighted by molar-refractivity contribution is 5.99. The molecule has 1 fully saturated rings. The van der Waals surface area contributed by atoms with Crippen LogP contribution in [0.25, 0.3) is 39.0 Å². The van der Waals surface area contributed by atoms with Crippen LogP contribution in [0.4, 0.5) is 10.1 Å². The number of fused-ring (bicyclic) bond motifs is 2. The first-order valence-electron chi connectivity index (χ1n) is 12.7. The summed E-state index contributed by atoms with van der Waals surface area (Å²) in [5, 5.41) is 24.3. The Bertz CT molecular complexity index is 1680. The van der Waals surface area contributed by atoms with Gasteiger partial charge in [-0.25, -0.2) is 9.37 Å². The number of aliphatic hydroxyl groups is 1. The fourth-order valence-corrected chi connectivity index (χ4v) is 5.62. The second-order valence-corrected chi connectivity index (χ2v) is 9.98. The van der Waals surface area contributed by atoms with Gasteiger partial charge in [-0.1, -0.05) is 12.1 Å². The van der Waals surface area contributed by atoms with E-state index in [1.807, 2.05) is 30.3 Å². The van der Waals surface area contributed by atoms with Crippen LogP contribution in [0.15, 0.2) is 54.6 Å². The van der Waals surface area contributed by atoms with E-state index in [0.717, 1.165) is 70.3 Å². The number of nitrogens with one attached hydrogen (secondary N) is 2. The number of halogens is 1. The fraction of sp³-hybridized carbons (Fsp3) is 0.267. The zero-order valence-electron chi connectivity index (χ0n) is 20.8. The molecule has 1 aliphatic rings. The molecule has 2 aromatic heterocycles. The average Bonchev–Trinajstić information content (AvgIpc) is 3.43. The number of benzene rings is 3. The van der Waals surface area contributed by atoms with Crippen LogP contribution in [-0.4, -0.2) is 31.8 Å². The van der Waals surface area contributed by atoms with Crippen molar-refractivity contribution in [1.82, 2.24) is 14.5 Å². The van der Waals surface area contributed by atoms with Crippen molar-refractivity contribution in [2.75, 3.05) is 5.32 Å². The van der Waals surface area contributed by atoms with E-state index in [1.165, 1.54) is 12.1 Å². The minimum atomic E-state index is -0.297. The Hall–Kier alpha value is -4.15. The maximum absolute atomic E-state index is 13.8. The number of hydrogen-bond acceptors (Lipinski definition) is 4. The molecule has 0 radical (unpaired) electrons. The summed E-state index contributed by atoms with van der Waals surface area (Å²) in [6.45, 7) is 4.21. The van der Waals surface area contributed by atoms with E-state index in [1.54, 1.807) is 6.07 Å². The van der Waals surface area contributed by atoms with Crippen molar-refractivity contribution < 1.29 is 9.50 Å². The molecule has 0 unspecified atom stereocenters. The summed E-state index contributed by atoms with van der Waals surface area (Å²) >= 11 is 0. The molecule has 186 valence electrons. The largest absolute Gasteiger partial charge is 0.393 e. The Kier molecular flexibility index (Phi) is 5.69. The highest BCUT2D eigenvalue weighted by Gasteiger charge is 2.22. The Morgan fingerprint density at radius 2 is 1.89 bits per heavy atom. The van der Waals surface area contributed by atoms with Gasteiger partial charge in [-0.3, -0.25) is 0 Å². The molecule has 7 heteroatoms. The molecule has 0 amide bonds. The number of aliphatic hydroxyl groups excluding tert-OH is 1. The predicted molar refractivity (Wildman–Crippen MR) is 144 cm³/mol. The first-order valence-corrected chi connectivity index (χ1v) is 12.7. The van der Waals surface area contributed by atoms with Gasteiger partial charge >= 0.3 is 0 Å². The molecule has 6 rings (SSSR count). The highest BCUT2D eigenvalue weighted by Crippen LogP contribution is 2.37. The van der Waals surface area contributed by atoms with Crippen molar-refractivity contribution in [2.24, 2.45) is 0 Å². The van der Waals surface area contributed by atoms with E-state index in [9.17, 15) is 14.8 Å². The minimum absolute atomic E-state index is 0.225. The van der Waals surface area contributed by atoms with Crippen molar-refractivity contribution in [3.8, 4) is 23.1 Å².